The highest BCUT2D eigenvalue weighted by Crippen LogP contribution is 2.34. The minimum Gasteiger partial charge on any atom is -0.507 e. The average molecular weight is 246 g/mol. The third-order valence-electron chi connectivity index (χ3n) is 2.00. The molecule has 0 aromatic heterocycles. The minimum atomic E-state index is -0.988. The number of carbonyl (C=O) groups is 1. The van der Waals surface area contributed by atoms with E-state index in [-0.39, 0.29) is 29.4 Å². The maximum Gasteiger partial charge on any atom is 0.405 e. The second kappa shape index (κ2) is 5.58. The van der Waals surface area contributed by atoms with Crippen molar-refractivity contribution in [2.75, 3.05) is 6.61 Å². The quantitative estimate of drug-likeness (QED) is 0.751. The van der Waals surface area contributed by atoms with Gasteiger partial charge in [0.25, 0.3) is 0 Å². The van der Waals surface area contributed by atoms with Crippen LogP contribution < -0.4 is 5.73 Å². The Morgan fingerprint density at radius 2 is 2.25 bits per heavy atom. The fraction of sp³-hybridized carbons (Fsp3) is 0.300. The van der Waals surface area contributed by atoms with Crippen molar-refractivity contribution in [2.45, 2.75) is 12.5 Å². The van der Waals surface area contributed by atoms with Crippen LogP contribution in [0, 0.1) is 0 Å². The summed E-state index contributed by atoms with van der Waals surface area (Å²) < 4.78 is 4.77. The number of halogens is 1. The van der Waals surface area contributed by atoms with Crippen molar-refractivity contribution in [1.82, 2.24) is 0 Å². The molecule has 16 heavy (non-hydrogen) atoms. The molecule has 0 spiro atoms. The number of aromatic hydroxyl groups is 1. The predicted molar refractivity (Wildman–Crippen MR) is 58.2 cm³/mol. The second-order valence-electron chi connectivity index (χ2n) is 3.11. The zero-order chi connectivity index (χ0) is 12.1. The van der Waals surface area contributed by atoms with Crippen molar-refractivity contribution in [1.29, 1.82) is 0 Å². The first-order valence-electron chi connectivity index (χ1n) is 4.60. The van der Waals surface area contributed by atoms with E-state index < -0.39 is 12.2 Å². The number of aliphatic hydroxyl groups excluding tert-OH is 1. The Morgan fingerprint density at radius 3 is 2.75 bits per heavy atom. The molecule has 6 heteroatoms. The van der Waals surface area contributed by atoms with Crippen LogP contribution >= 0.6 is 11.6 Å². The van der Waals surface area contributed by atoms with Crippen molar-refractivity contribution in [3.05, 3.63) is 28.8 Å². The van der Waals surface area contributed by atoms with Crippen LogP contribution in [0.5, 0.6) is 5.75 Å². The van der Waals surface area contributed by atoms with Gasteiger partial charge >= 0.3 is 6.09 Å². The normalized spacial score (nSPS) is 12.1. The number of hydrogen-bond donors (Lipinski definition) is 3. The van der Waals surface area contributed by atoms with Gasteiger partial charge < -0.3 is 20.7 Å². The van der Waals surface area contributed by atoms with Gasteiger partial charge in [-0.3, -0.25) is 0 Å². The zero-order valence-electron chi connectivity index (χ0n) is 8.39. The number of carbonyl (C=O) groups excluding carboxylic acids is 1. The number of ether oxygens (including phenoxy) is 1. The first kappa shape index (κ1) is 12.6. The molecule has 0 bridgehead atoms. The molecular formula is C10H12ClNO4. The summed E-state index contributed by atoms with van der Waals surface area (Å²) in [7, 11) is 0. The third kappa shape index (κ3) is 3.01. The van der Waals surface area contributed by atoms with Gasteiger partial charge in [0.05, 0.1) is 10.6 Å². The van der Waals surface area contributed by atoms with Crippen LogP contribution in [0.3, 0.4) is 0 Å². The lowest BCUT2D eigenvalue weighted by molar-refractivity contribution is 0.0864. The van der Waals surface area contributed by atoms with Crippen molar-refractivity contribution in [2.24, 2.45) is 5.73 Å². The molecule has 5 nitrogen and oxygen atoms in total. The summed E-state index contributed by atoms with van der Waals surface area (Å²) in [6, 6.07) is 4.52. The summed E-state index contributed by atoms with van der Waals surface area (Å²) in [5.41, 5.74) is 5.14. The summed E-state index contributed by atoms with van der Waals surface area (Å²) in [4.78, 5) is 10.7. The molecule has 0 aliphatic heterocycles. The Bertz CT molecular complexity index is 363. The fourth-order valence-electron chi connectivity index (χ4n) is 1.36. The van der Waals surface area contributed by atoms with Crippen molar-refractivity contribution >= 4 is 17.7 Å². The van der Waals surface area contributed by atoms with Gasteiger partial charge in [-0.25, -0.2) is 4.79 Å². The molecule has 1 rings (SSSR count). The smallest absolute Gasteiger partial charge is 0.405 e. The Hall–Kier alpha value is -1.46. The van der Waals surface area contributed by atoms with Crippen molar-refractivity contribution in [3.8, 4) is 5.75 Å². The number of amides is 1. The summed E-state index contributed by atoms with van der Waals surface area (Å²) in [6.07, 6.45) is -1.73. The van der Waals surface area contributed by atoms with Gasteiger partial charge in [-0.15, -0.1) is 0 Å². The number of primary amides is 1. The van der Waals surface area contributed by atoms with Gasteiger partial charge in [-0.2, -0.15) is 0 Å². The molecule has 1 aromatic carbocycles. The van der Waals surface area contributed by atoms with E-state index in [4.69, 9.17) is 27.2 Å². The van der Waals surface area contributed by atoms with Crippen LogP contribution in [0.15, 0.2) is 18.2 Å². The van der Waals surface area contributed by atoms with Crippen LogP contribution in [0.25, 0.3) is 0 Å². The maximum atomic E-state index is 10.7. The Morgan fingerprint density at radius 1 is 1.56 bits per heavy atom. The third-order valence-corrected chi connectivity index (χ3v) is 2.33. The Balaban J connectivity index is 3.04. The maximum absolute atomic E-state index is 10.7. The monoisotopic (exact) mass is 245 g/mol. The Labute approximate surface area is 97.4 Å². The molecule has 0 aliphatic carbocycles. The van der Waals surface area contributed by atoms with E-state index in [9.17, 15) is 9.90 Å². The first-order chi connectivity index (χ1) is 7.56. The molecule has 0 heterocycles. The van der Waals surface area contributed by atoms with Crippen LogP contribution in [-0.2, 0) is 4.74 Å². The summed E-state index contributed by atoms with van der Waals surface area (Å²) in [5.74, 6) is -0.104. The van der Waals surface area contributed by atoms with E-state index in [1.807, 2.05) is 0 Å². The first-order valence-corrected chi connectivity index (χ1v) is 4.98. The molecule has 0 saturated heterocycles. The van der Waals surface area contributed by atoms with Crippen molar-refractivity contribution in [3.63, 3.8) is 0 Å². The summed E-state index contributed by atoms with van der Waals surface area (Å²) in [6.45, 7) is -0.220. The highest BCUT2D eigenvalue weighted by atomic mass is 35.5. The number of phenolic OH excluding ortho intramolecular Hbond substituents is 1. The molecule has 88 valence electrons. The topological polar surface area (TPSA) is 92.8 Å². The molecule has 1 amide bonds. The second-order valence-corrected chi connectivity index (χ2v) is 3.52. The number of aliphatic hydroxyl groups is 1. The molecule has 1 unspecified atom stereocenters. The van der Waals surface area contributed by atoms with Gasteiger partial charge in [0, 0.05) is 13.0 Å². The molecule has 0 radical (unpaired) electrons. The molecule has 1 aromatic rings. The highest BCUT2D eigenvalue weighted by molar-refractivity contribution is 6.31. The number of nitrogens with two attached hydrogens (primary N) is 1. The van der Waals surface area contributed by atoms with Crippen LogP contribution in [0.2, 0.25) is 5.02 Å². The lowest BCUT2D eigenvalue weighted by atomic mass is 10.1. The lowest BCUT2D eigenvalue weighted by Crippen LogP contribution is -2.18. The van der Waals surface area contributed by atoms with Crippen molar-refractivity contribution < 1.29 is 19.7 Å². The molecular weight excluding hydrogens is 234 g/mol. The lowest BCUT2D eigenvalue weighted by Gasteiger charge is -2.18. The van der Waals surface area contributed by atoms with Gasteiger partial charge in [0.1, 0.15) is 11.9 Å². The van der Waals surface area contributed by atoms with E-state index in [1.165, 1.54) is 6.07 Å². The highest BCUT2D eigenvalue weighted by Gasteiger charge is 2.21. The van der Waals surface area contributed by atoms with Crippen LogP contribution in [-0.4, -0.2) is 22.9 Å². The molecule has 0 fully saturated rings. The number of phenols is 1. The standard InChI is InChI=1S/C10H12ClNO4/c11-6-2-1-3-7(14)9(6)8(4-5-13)16-10(12)15/h1-3,8,13-14H,4-5H2,(H2,12,15). The SMILES string of the molecule is NC(=O)OC(CCO)c1c(O)cccc1Cl. The fourth-order valence-corrected chi connectivity index (χ4v) is 1.66. The van der Waals surface area contributed by atoms with E-state index >= 15 is 0 Å². The summed E-state index contributed by atoms with van der Waals surface area (Å²) >= 11 is 5.87. The molecule has 1 atom stereocenters. The molecule has 4 N–H and O–H groups in total. The van der Waals surface area contributed by atoms with Gasteiger partial charge in [0.15, 0.2) is 0 Å². The number of rotatable bonds is 4. The van der Waals surface area contributed by atoms with Crippen LogP contribution in [0.1, 0.15) is 18.1 Å². The zero-order valence-corrected chi connectivity index (χ0v) is 9.15. The van der Waals surface area contributed by atoms with Crippen LogP contribution in [0.4, 0.5) is 4.79 Å². The van der Waals surface area contributed by atoms with Gasteiger partial charge in [-0.1, -0.05) is 17.7 Å². The summed E-state index contributed by atoms with van der Waals surface area (Å²) in [5, 5.41) is 18.7. The number of benzene rings is 1. The predicted octanol–water partition coefficient (Wildman–Crippen LogP) is 1.56. The molecule has 0 aliphatic rings. The van der Waals surface area contributed by atoms with Gasteiger partial charge in [-0.05, 0) is 12.1 Å². The van der Waals surface area contributed by atoms with E-state index in [0.717, 1.165) is 0 Å². The Kier molecular flexibility index (Phi) is 4.39. The van der Waals surface area contributed by atoms with E-state index in [2.05, 4.69) is 0 Å². The van der Waals surface area contributed by atoms with E-state index in [1.54, 1.807) is 12.1 Å². The largest absolute Gasteiger partial charge is 0.507 e. The van der Waals surface area contributed by atoms with Gasteiger partial charge in [0.2, 0.25) is 0 Å². The van der Waals surface area contributed by atoms with E-state index in [0.29, 0.717) is 0 Å². The minimum absolute atomic E-state index is 0.104. The molecule has 0 saturated carbocycles. The number of hydrogen-bond acceptors (Lipinski definition) is 4. The average Bonchev–Trinajstić information content (AvgIpc) is 2.16.